The Kier molecular flexibility index (Phi) is 4.65. The van der Waals surface area contributed by atoms with Gasteiger partial charge in [0.05, 0.1) is 11.8 Å². The monoisotopic (exact) mass is 320 g/mol. The van der Waals surface area contributed by atoms with Crippen molar-refractivity contribution in [1.82, 2.24) is 5.32 Å². The molecule has 3 atom stereocenters. The molecule has 1 aromatic carbocycles. The average Bonchev–Trinajstić information content (AvgIpc) is 2.69. The summed E-state index contributed by atoms with van der Waals surface area (Å²) >= 11 is 0. The van der Waals surface area contributed by atoms with Crippen molar-refractivity contribution >= 4 is 17.6 Å². The standard InChI is InChI=1S/C20H24N4/c1-2-6-15(7-3-1)19-14-16(9-12-22-19)17-10-13-23-24-20(17)18-8-4-5-11-21-18/h1-7,13,16-18,21H,8-12,14H2. The summed E-state index contributed by atoms with van der Waals surface area (Å²) in [6, 6.07) is 10.9. The smallest absolute Gasteiger partial charge is 0.0615 e. The number of rotatable bonds is 3. The van der Waals surface area contributed by atoms with Crippen molar-refractivity contribution in [2.45, 2.75) is 31.7 Å². The molecule has 4 nitrogen and oxygen atoms in total. The first-order chi connectivity index (χ1) is 11.9. The average molecular weight is 320 g/mol. The van der Waals surface area contributed by atoms with Gasteiger partial charge in [0.25, 0.3) is 0 Å². The van der Waals surface area contributed by atoms with E-state index in [1.165, 1.54) is 17.0 Å². The van der Waals surface area contributed by atoms with Crippen molar-refractivity contribution < 1.29 is 0 Å². The minimum Gasteiger partial charge on any atom is -0.305 e. The van der Waals surface area contributed by atoms with Crippen LogP contribution in [-0.4, -0.2) is 36.8 Å². The SMILES string of the molecule is C1=CCC(C2=NN=CCC2C2CCN=C(c3ccccc3)C2)NC1. The molecular weight excluding hydrogens is 296 g/mol. The third-order valence-corrected chi connectivity index (χ3v) is 5.31. The molecule has 1 aromatic rings. The number of nitrogens with one attached hydrogen (secondary N) is 1. The van der Waals surface area contributed by atoms with Crippen molar-refractivity contribution in [2.75, 3.05) is 13.1 Å². The summed E-state index contributed by atoms with van der Waals surface area (Å²) in [5.74, 6) is 1.09. The van der Waals surface area contributed by atoms with Crippen LogP contribution in [0.1, 0.15) is 31.2 Å². The molecule has 3 aliphatic heterocycles. The highest BCUT2D eigenvalue weighted by Gasteiger charge is 2.34. The summed E-state index contributed by atoms with van der Waals surface area (Å²) in [5, 5.41) is 12.4. The van der Waals surface area contributed by atoms with E-state index in [-0.39, 0.29) is 0 Å². The van der Waals surface area contributed by atoms with Gasteiger partial charge < -0.3 is 5.32 Å². The molecule has 0 amide bonds. The molecule has 0 spiro atoms. The highest BCUT2D eigenvalue weighted by atomic mass is 15.2. The quantitative estimate of drug-likeness (QED) is 0.854. The summed E-state index contributed by atoms with van der Waals surface area (Å²) in [4.78, 5) is 4.80. The predicted octanol–water partition coefficient (Wildman–Crippen LogP) is 3.25. The lowest BCUT2D eigenvalue weighted by atomic mass is 9.75. The van der Waals surface area contributed by atoms with Gasteiger partial charge in [-0.25, -0.2) is 0 Å². The third kappa shape index (κ3) is 3.24. The van der Waals surface area contributed by atoms with Gasteiger partial charge in [-0.3, -0.25) is 4.99 Å². The molecule has 0 bridgehead atoms. The summed E-state index contributed by atoms with van der Waals surface area (Å²) < 4.78 is 0. The van der Waals surface area contributed by atoms with Gasteiger partial charge in [-0.2, -0.15) is 10.2 Å². The number of benzene rings is 1. The van der Waals surface area contributed by atoms with Crippen molar-refractivity contribution in [3.63, 3.8) is 0 Å². The molecule has 3 heterocycles. The van der Waals surface area contributed by atoms with Crippen LogP contribution in [0.3, 0.4) is 0 Å². The molecule has 0 saturated heterocycles. The first kappa shape index (κ1) is 15.5. The fraction of sp³-hybridized carbons (Fsp3) is 0.450. The van der Waals surface area contributed by atoms with Gasteiger partial charge in [-0.1, -0.05) is 42.5 Å². The minimum atomic E-state index is 0.344. The number of nitrogens with zero attached hydrogens (tertiary/aromatic N) is 3. The van der Waals surface area contributed by atoms with Crippen LogP contribution in [0.5, 0.6) is 0 Å². The van der Waals surface area contributed by atoms with Crippen LogP contribution >= 0.6 is 0 Å². The fourth-order valence-electron chi connectivity index (χ4n) is 4.02. The van der Waals surface area contributed by atoms with E-state index in [1.54, 1.807) is 0 Å². The van der Waals surface area contributed by atoms with Crippen LogP contribution in [-0.2, 0) is 0 Å². The first-order valence-electron chi connectivity index (χ1n) is 8.98. The topological polar surface area (TPSA) is 49.1 Å². The lowest BCUT2D eigenvalue weighted by Gasteiger charge is -2.34. The molecule has 24 heavy (non-hydrogen) atoms. The molecule has 0 radical (unpaired) electrons. The molecule has 0 aromatic heterocycles. The normalized spacial score (nSPS) is 29.9. The largest absolute Gasteiger partial charge is 0.305 e. The van der Waals surface area contributed by atoms with Crippen LogP contribution in [0.15, 0.2) is 57.7 Å². The molecule has 0 saturated carbocycles. The zero-order valence-corrected chi connectivity index (χ0v) is 13.9. The van der Waals surface area contributed by atoms with E-state index in [1.807, 2.05) is 6.21 Å². The maximum Gasteiger partial charge on any atom is 0.0615 e. The van der Waals surface area contributed by atoms with Crippen molar-refractivity contribution in [3.8, 4) is 0 Å². The fourth-order valence-corrected chi connectivity index (χ4v) is 4.02. The van der Waals surface area contributed by atoms with Crippen LogP contribution in [0.4, 0.5) is 0 Å². The molecule has 0 fully saturated rings. The zero-order valence-electron chi connectivity index (χ0n) is 13.9. The lowest BCUT2D eigenvalue weighted by Crippen LogP contribution is -2.45. The lowest BCUT2D eigenvalue weighted by molar-refractivity contribution is 0.390. The molecule has 4 rings (SSSR count). The minimum absolute atomic E-state index is 0.344. The Morgan fingerprint density at radius 1 is 1.04 bits per heavy atom. The van der Waals surface area contributed by atoms with Crippen molar-refractivity contribution in [1.29, 1.82) is 0 Å². The highest BCUT2D eigenvalue weighted by Crippen LogP contribution is 2.32. The van der Waals surface area contributed by atoms with Gasteiger partial charge in [0, 0.05) is 30.9 Å². The summed E-state index contributed by atoms with van der Waals surface area (Å²) in [6.45, 7) is 1.86. The van der Waals surface area contributed by atoms with Gasteiger partial charge in [0.15, 0.2) is 0 Å². The van der Waals surface area contributed by atoms with Gasteiger partial charge in [-0.15, -0.1) is 0 Å². The van der Waals surface area contributed by atoms with Crippen LogP contribution in [0, 0.1) is 11.8 Å². The van der Waals surface area contributed by atoms with Gasteiger partial charge >= 0.3 is 0 Å². The predicted molar refractivity (Wildman–Crippen MR) is 100 cm³/mol. The summed E-state index contributed by atoms with van der Waals surface area (Å²) in [6.07, 6.45) is 10.7. The third-order valence-electron chi connectivity index (χ3n) is 5.31. The van der Waals surface area contributed by atoms with E-state index in [0.29, 0.717) is 17.9 Å². The Labute approximate surface area is 143 Å². The summed E-state index contributed by atoms with van der Waals surface area (Å²) in [5.41, 5.74) is 3.77. The molecular formula is C20H24N4. The Morgan fingerprint density at radius 2 is 1.96 bits per heavy atom. The zero-order chi connectivity index (χ0) is 16.2. The molecule has 1 N–H and O–H groups in total. The van der Waals surface area contributed by atoms with Crippen molar-refractivity contribution in [3.05, 3.63) is 48.0 Å². The van der Waals surface area contributed by atoms with Crippen molar-refractivity contribution in [2.24, 2.45) is 27.0 Å². The van der Waals surface area contributed by atoms with Crippen LogP contribution in [0.2, 0.25) is 0 Å². The van der Waals surface area contributed by atoms with Crippen LogP contribution in [0.25, 0.3) is 0 Å². The maximum absolute atomic E-state index is 4.80. The number of hydrogen-bond acceptors (Lipinski definition) is 4. The second-order valence-corrected chi connectivity index (χ2v) is 6.78. The van der Waals surface area contributed by atoms with Crippen LogP contribution < -0.4 is 5.32 Å². The van der Waals surface area contributed by atoms with E-state index >= 15 is 0 Å². The Bertz CT molecular complexity index is 687. The number of aliphatic imine (C=N–C) groups is 1. The van der Waals surface area contributed by atoms with Gasteiger partial charge in [-0.05, 0) is 37.2 Å². The summed E-state index contributed by atoms with van der Waals surface area (Å²) in [7, 11) is 0. The Morgan fingerprint density at radius 3 is 2.79 bits per heavy atom. The molecule has 3 aliphatic rings. The number of hydrogen-bond donors (Lipinski definition) is 1. The van der Waals surface area contributed by atoms with Gasteiger partial charge in [0.1, 0.15) is 0 Å². The first-order valence-corrected chi connectivity index (χ1v) is 8.98. The molecule has 124 valence electrons. The second-order valence-electron chi connectivity index (χ2n) is 6.78. The van der Waals surface area contributed by atoms with Gasteiger partial charge in [0.2, 0.25) is 0 Å². The molecule has 4 heteroatoms. The van der Waals surface area contributed by atoms with E-state index < -0.39 is 0 Å². The van der Waals surface area contributed by atoms with E-state index in [4.69, 9.17) is 4.99 Å². The maximum atomic E-state index is 4.80. The molecule has 0 aliphatic carbocycles. The van der Waals surface area contributed by atoms with E-state index in [0.717, 1.165) is 38.8 Å². The highest BCUT2D eigenvalue weighted by molar-refractivity contribution is 6.02. The Hall–Kier alpha value is -2.07. The molecule has 3 unspecified atom stereocenters. The van der Waals surface area contributed by atoms with E-state index in [2.05, 4.69) is 58.0 Å². The second kappa shape index (κ2) is 7.22. The Balaban J connectivity index is 1.52. The van der Waals surface area contributed by atoms with E-state index in [9.17, 15) is 0 Å².